The van der Waals surface area contributed by atoms with Crippen molar-refractivity contribution in [1.82, 2.24) is 10.6 Å². The van der Waals surface area contributed by atoms with Crippen molar-refractivity contribution in [2.75, 3.05) is 13.6 Å². The highest BCUT2D eigenvalue weighted by molar-refractivity contribution is 9.11. The van der Waals surface area contributed by atoms with Crippen LogP contribution in [-0.2, 0) is 16.0 Å². The van der Waals surface area contributed by atoms with Crippen LogP contribution in [0.1, 0.15) is 5.56 Å². The van der Waals surface area contributed by atoms with E-state index in [1.807, 2.05) is 0 Å². The Labute approximate surface area is 128 Å². The highest BCUT2D eigenvalue weighted by atomic mass is 79.9. The fourth-order valence-corrected chi connectivity index (χ4v) is 2.84. The number of amides is 1. The standard InChI is InChI=1S/C12H14Br2N2O3/c1-15-10(12(19)16-2-3-17)6-7-4-8(13)11(18)9(14)5-7/h3-5,10,15,18H,2,6H2,1H3,(H,16,19)/t10-/m1/s1. The van der Waals surface area contributed by atoms with Crippen LogP contribution in [0.25, 0.3) is 0 Å². The number of aldehydes is 1. The van der Waals surface area contributed by atoms with Crippen LogP contribution in [0.5, 0.6) is 5.75 Å². The van der Waals surface area contributed by atoms with Crippen molar-refractivity contribution in [3.05, 3.63) is 26.6 Å². The van der Waals surface area contributed by atoms with Crippen LogP contribution in [0.15, 0.2) is 21.1 Å². The Bertz CT molecular complexity index is 457. The van der Waals surface area contributed by atoms with Gasteiger partial charge in [0.2, 0.25) is 5.91 Å². The molecule has 0 bridgehead atoms. The van der Waals surface area contributed by atoms with Crippen LogP contribution >= 0.6 is 31.9 Å². The van der Waals surface area contributed by atoms with Crippen molar-refractivity contribution >= 4 is 44.1 Å². The molecule has 1 amide bonds. The van der Waals surface area contributed by atoms with Gasteiger partial charge in [-0.2, -0.15) is 0 Å². The van der Waals surface area contributed by atoms with E-state index in [0.717, 1.165) is 5.56 Å². The van der Waals surface area contributed by atoms with Crippen LogP contribution in [0.2, 0.25) is 0 Å². The van der Waals surface area contributed by atoms with Gasteiger partial charge in [0.1, 0.15) is 12.0 Å². The number of phenols is 1. The smallest absolute Gasteiger partial charge is 0.237 e. The zero-order chi connectivity index (χ0) is 14.4. The van der Waals surface area contributed by atoms with Gasteiger partial charge in [-0.15, -0.1) is 0 Å². The van der Waals surface area contributed by atoms with Gasteiger partial charge < -0.3 is 20.5 Å². The molecule has 19 heavy (non-hydrogen) atoms. The van der Waals surface area contributed by atoms with Crippen molar-refractivity contribution in [3.63, 3.8) is 0 Å². The number of rotatable bonds is 6. The SMILES string of the molecule is CN[C@H](Cc1cc(Br)c(O)c(Br)c1)C(=O)NCC=O. The van der Waals surface area contributed by atoms with Crippen LogP contribution < -0.4 is 10.6 Å². The maximum Gasteiger partial charge on any atom is 0.237 e. The maximum absolute atomic E-state index is 11.8. The molecule has 1 atom stereocenters. The van der Waals surface area contributed by atoms with E-state index in [9.17, 15) is 14.7 Å². The molecule has 1 rings (SSSR count). The lowest BCUT2D eigenvalue weighted by atomic mass is 10.1. The topological polar surface area (TPSA) is 78.4 Å². The van der Waals surface area contributed by atoms with Gasteiger partial charge in [0.05, 0.1) is 21.5 Å². The predicted octanol–water partition coefficient (Wildman–Crippen LogP) is 1.36. The molecule has 1 aromatic rings. The molecule has 104 valence electrons. The van der Waals surface area contributed by atoms with Gasteiger partial charge in [-0.05, 0) is 63.0 Å². The second-order valence-corrected chi connectivity index (χ2v) is 5.57. The second kappa shape index (κ2) is 7.62. The number of benzene rings is 1. The summed E-state index contributed by atoms with van der Waals surface area (Å²) in [5, 5.41) is 15.0. The lowest BCUT2D eigenvalue weighted by Crippen LogP contribution is -2.44. The van der Waals surface area contributed by atoms with Gasteiger partial charge in [-0.3, -0.25) is 4.79 Å². The van der Waals surface area contributed by atoms with Gasteiger partial charge in [0.25, 0.3) is 0 Å². The average Bonchev–Trinajstić information content (AvgIpc) is 2.39. The van der Waals surface area contributed by atoms with E-state index in [0.29, 0.717) is 21.7 Å². The monoisotopic (exact) mass is 392 g/mol. The summed E-state index contributed by atoms with van der Waals surface area (Å²) in [4.78, 5) is 22.0. The zero-order valence-corrected chi connectivity index (χ0v) is 13.4. The molecule has 0 aliphatic heterocycles. The number of halogens is 2. The number of likely N-dealkylation sites (N-methyl/N-ethyl adjacent to an activating group) is 1. The van der Waals surface area contributed by atoms with Crippen molar-refractivity contribution in [1.29, 1.82) is 0 Å². The lowest BCUT2D eigenvalue weighted by Gasteiger charge is -2.16. The molecule has 0 heterocycles. The maximum atomic E-state index is 11.8. The highest BCUT2D eigenvalue weighted by Crippen LogP contribution is 2.33. The Morgan fingerprint density at radius 2 is 2.00 bits per heavy atom. The summed E-state index contributed by atoms with van der Waals surface area (Å²) in [6.07, 6.45) is 1.08. The van der Waals surface area contributed by atoms with Crippen molar-refractivity contribution < 1.29 is 14.7 Å². The van der Waals surface area contributed by atoms with E-state index in [2.05, 4.69) is 42.5 Å². The summed E-state index contributed by atoms with van der Waals surface area (Å²) < 4.78 is 1.11. The number of nitrogens with one attached hydrogen (secondary N) is 2. The van der Waals surface area contributed by atoms with E-state index in [1.165, 1.54) is 0 Å². The number of aromatic hydroxyl groups is 1. The molecule has 0 aliphatic carbocycles. The lowest BCUT2D eigenvalue weighted by molar-refractivity contribution is -0.124. The molecule has 0 saturated heterocycles. The molecular weight excluding hydrogens is 380 g/mol. The van der Waals surface area contributed by atoms with Gasteiger partial charge in [0.15, 0.2) is 0 Å². The summed E-state index contributed by atoms with van der Waals surface area (Å²) in [7, 11) is 1.68. The minimum Gasteiger partial charge on any atom is -0.506 e. The largest absolute Gasteiger partial charge is 0.506 e. The fraction of sp³-hybridized carbons (Fsp3) is 0.333. The molecular formula is C12H14Br2N2O3. The van der Waals surface area contributed by atoms with Crippen LogP contribution in [0.4, 0.5) is 0 Å². The number of hydrogen-bond acceptors (Lipinski definition) is 4. The predicted molar refractivity (Wildman–Crippen MR) is 79.1 cm³/mol. The first kappa shape index (κ1) is 16.1. The molecule has 7 heteroatoms. The molecule has 1 aromatic carbocycles. The van der Waals surface area contributed by atoms with E-state index in [1.54, 1.807) is 19.2 Å². The molecule has 0 saturated carbocycles. The third-order valence-electron chi connectivity index (χ3n) is 2.54. The minimum absolute atomic E-state index is 0.0000198. The molecule has 0 radical (unpaired) electrons. The number of hydrogen-bond donors (Lipinski definition) is 3. The Balaban J connectivity index is 2.81. The highest BCUT2D eigenvalue weighted by Gasteiger charge is 2.17. The first-order valence-corrected chi connectivity index (χ1v) is 7.13. The van der Waals surface area contributed by atoms with Gasteiger partial charge in [0, 0.05) is 0 Å². The number of carbonyl (C=O) groups excluding carboxylic acids is 2. The minimum atomic E-state index is -0.441. The first-order chi connectivity index (χ1) is 8.99. The molecule has 3 N–H and O–H groups in total. The van der Waals surface area contributed by atoms with Crippen molar-refractivity contribution in [2.45, 2.75) is 12.5 Å². The molecule has 5 nitrogen and oxygen atoms in total. The normalized spacial score (nSPS) is 11.9. The van der Waals surface area contributed by atoms with E-state index in [-0.39, 0.29) is 18.2 Å². The summed E-state index contributed by atoms with van der Waals surface area (Å²) in [5.74, 6) is -0.120. The molecule has 0 aromatic heterocycles. The quantitative estimate of drug-likeness (QED) is 0.637. The van der Waals surface area contributed by atoms with E-state index in [4.69, 9.17) is 0 Å². The summed E-state index contributed by atoms with van der Waals surface area (Å²) >= 11 is 6.48. The number of carbonyl (C=O) groups is 2. The fourth-order valence-electron chi connectivity index (χ4n) is 1.56. The van der Waals surface area contributed by atoms with Gasteiger partial charge >= 0.3 is 0 Å². The summed E-state index contributed by atoms with van der Waals surface area (Å²) in [6.45, 7) is -0.0000198. The van der Waals surface area contributed by atoms with Crippen LogP contribution in [0, 0.1) is 0 Å². The van der Waals surface area contributed by atoms with Crippen LogP contribution in [-0.4, -0.2) is 36.9 Å². The first-order valence-electron chi connectivity index (χ1n) is 5.55. The third kappa shape index (κ3) is 4.59. The number of phenolic OH excluding ortho intramolecular Hbond substituents is 1. The Kier molecular flexibility index (Phi) is 6.47. The molecule has 0 spiro atoms. The summed E-state index contributed by atoms with van der Waals surface area (Å²) in [5.41, 5.74) is 0.872. The van der Waals surface area contributed by atoms with Crippen molar-refractivity contribution in [3.8, 4) is 5.75 Å². The van der Waals surface area contributed by atoms with Gasteiger partial charge in [-0.1, -0.05) is 0 Å². The molecule has 0 fully saturated rings. The zero-order valence-electron chi connectivity index (χ0n) is 10.2. The molecule has 0 unspecified atom stereocenters. The molecule has 0 aliphatic rings. The van der Waals surface area contributed by atoms with Gasteiger partial charge in [-0.25, -0.2) is 0 Å². The Hall–Kier alpha value is -0.920. The van der Waals surface area contributed by atoms with Crippen LogP contribution in [0.3, 0.4) is 0 Å². The van der Waals surface area contributed by atoms with Crippen molar-refractivity contribution in [2.24, 2.45) is 0 Å². The van der Waals surface area contributed by atoms with E-state index >= 15 is 0 Å². The Morgan fingerprint density at radius 1 is 1.42 bits per heavy atom. The Morgan fingerprint density at radius 3 is 2.47 bits per heavy atom. The average molecular weight is 394 g/mol. The summed E-state index contributed by atoms with van der Waals surface area (Å²) in [6, 6.07) is 3.05. The second-order valence-electron chi connectivity index (χ2n) is 3.87. The third-order valence-corrected chi connectivity index (χ3v) is 3.75. The van der Waals surface area contributed by atoms with E-state index < -0.39 is 6.04 Å².